The van der Waals surface area contributed by atoms with Crippen molar-refractivity contribution in [2.75, 3.05) is 0 Å². The number of nitrogens with zero attached hydrogens (tertiary/aromatic N) is 3. The number of hydrazone groups is 1. The summed E-state index contributed by atoms with van der Waals surface area (Å²) >= 11 is 3.63. The van der Waals surface area contributed by atoms with E-state index in [1.54, 1.807) is 6.21 Å². The van der Waals surface area contributed by atoms with Gasteiger partial charge in [-0.25, -0.2) is 0 Å². The Morgan fingerprint density at radius 1 is 0.763 bits per heavy atom. The molecule has 1 saturated heterocycles. The molecule has 188 valence electrons. The van der Waals surface area contributed by atoms with Gasteiger partial charge in [0, 0.05) is 38.9 Å². The average molecular weight is 564 g/mol. The monoisotopic (exact) mass is 563 g/mol. The van der Waals surface area contributed by atoms with Crippen molar-refractivity contribution in [1.29, 1.82) is 0 Å². The first-order chi connectivity index (χ1) is 18.4. The fraction of sp³-hybridized carbons (Fsp3) is 0.219. The lowest BCUT2D eigenvalue weighted by molar-refractivity contribution is -0.139. The molecule has 38 heavy (non-hydrogen) atoms. The molecule has 1 aliphatic heterocycles. The van der Waals surface area contributed by atoms with Crippen LogP contribution in [0.1, 0.15) is 56.6 Å². The van der Waals surface area contributed by atoms with Gasteiger partial charge in [-0.2, -0.15) is 10.1 Å². The first-order valence-corrected chi connectivity index (χ1v) is 13.7. The summed E-state index contributed by atoms with van der Waals surface area (Å²) in [4.78, 5) is 27.6. The van der Waals surface area contributed by atoms with Crippen LogP contribution >= 0.6 is 15.9 Å². The average Bonchev–Trinajstić information content (AvgIpc) is 3.35. The summed E-state index contributed by atoms with van der Waals surface area (Å²) < 4.78 is 3.21. The largest absolute Gasteiger partial charge is 0.318 e. The van der Waals surface area contributed by atoms with Crippen molar-refractivity contribution in [1.82, 2.24) is 9.58 Å². The highest BCUT2D eigenvalue weighted by atomic mass is 79.9. The number of amides is 2. The van der Waals surface area contributed by atoms with Crippen LogP contribution in [-0.4, -0.2) is 27.6 Å². The van der Waals surface area contributed by atoms with Crippen LogP contribution in [0.5, 0.6) is 0 Å². The molecule has 8 rings (SSSR count). The van der Waals surface area contributed by atoms with Gasteiger partial charge in [-0.1, -0.05) is 70.5 Å². The van der Waals surface area contributed by atoms with E-state index in [4.69, 9.17) is 0 Å². The number of carbonyl (C=O) groups excluding carboxylic acids is 2. The van der Waals surface area contributed by atoms with Crippen molar-refractivity contribution >= 4 is 34.0 Å². The van der Waals surface area contributed by atoms with Gasteiger partial charge in [-0.05, 0) is 66.8 Å². The van der Waals surface area contributed by atoms with Gasteiger partial charge in [-0.3, -0.25) is 9.59 Å². The molecule has 0 spiro atoms. The van der Waals surface area contributed by atoms with Crippen molar-refractivity contribution < 1.29 is 9.59 Å². The molecule has 0 unspecified atom stereocenters. The first kappa shape index (κ1) is 23.4. The molecule has 6 heteroatoms. The van der Waals surface area contributed by atoms with Crippen molar-refractivity contribution in [3.63, 3.8) is 0 Å². The Morgan fingerprint density at radius 3 is 1.79 bits per heavy atom. The maximum absolute atomic E-state index is 13.8. The van der Waals surface area contributed by atoms with Crippen LogP contribution in [0.15, 0.2) is 82.4 Å². The van der Waals surface area contributed by atoms with E-state index in [0.29, 0.717) is 0 Å². The Morgan fingerprint density at radius 2 is 1.29 bits per heavy atom. The van der Waals surface area contributed by atoms with Crippen LogP contribution in [0, 0.1) is 32.6 Å². The molecule has 2 amide bonds. The highest BCUT2D eigenvalue weighted by Crippen LogP contribution is 2.60. The van der Waals surface area contributed by atoms with E-state index in [1.807, 2.05) is 44.2 Å². The molecule has 2 atom stereocenters. The van der Waals surface area contributed by atoms with Gasteiger partial charge in [0.1, 0.15) is 0 Å². The van der Waals surface area contributed by atoms with Gasteiger partial charge < -0.3 is 4.57 Å². The molecule has 5 nitrogen and oxygen atoms in total. The van der Waals surface area contributed by atoms with E-state index in [1.165, 1.54) is 5.56 Å². The van der Waals surface area contributed by atoms with E-state index in [2.05, 4.69) is 75.0 Å². The SMILES string of the molecule is Cc1ccc(-n2c(C)cc(/C=N\N3C(=O)[C@H]4C5c6ccccc6C(c6ccccc65)[C@@H]4C3=O)c2C)cc1Br. The fourth-order valence-electron chi connectivity index (χ4n) is 6.93. The third-order valence-electron chi connectivity index (χ3n) is 8.62. The zero-order valence-electron chi connectivity index (χ0n) is 21.4. The number of halogens is 1. The van der Waals surface area contributed by atoms with E-state index in [-0.39, 0.29) is 23.7 Å². The summed E-state index contributed by atoms with van der Waals surface area (Å²) in [5.74, 6) is -1.50. The minimum absolute atomic E-state index is 0.126. The van der Waals surface area contributed by atoms with Gasteiger partial charge >= 0.3 is 0 Å². The van der Waals surface area contributed by atoms with Crippen molar-refractivity contribution in [3.8, 4) is 5.69 Å². The molecule has 4 aromatic rings. The number of hydrogen-bond donors (Lipinski definition) is 0. The minimum Gasteiger partial charge on any atom is -0.318 e. The van der Waals surface area contributed by atoms with E-state index < -0.39 is 11.8 Å². The molecule has 0 N–H and O–H groups in total. The summed E-state index contributed by atoms with van der Waals surface area (Å²) in [6.07, 6.45) is 1.66. The molecule has 3 aromatic carbocycles. The van der Waals surface area contributed by atoms with Crippen LogP contribution in [-0.2, 0) is 9.59 Å². The van der Waals surface area contributed by atoms with Crippen LogP contribution in [0.4, 0.5) is 0 Å². The molecule has 3 aliphatic carbocycles. The molecule has 0 radical (unpaired) electrons. The lowest BCUT2D eigenvalue weighted by Crippen LogP contribution is -2.41. The number of benzene rings is 3. The maximum atomic E-state index is 13.8. The Labute approximate surface area is 229 Å². The second kappa shape index (κ2) is 8.37. The topological polar surface area (TPSA) is 54.7 Å². The van der Waals surface area contributed by atoms with E-state index in [0.717, 1.165) is 54.4 Å². The van der Waals surface area contributed by atoms with Gasteiger partial charge in [-0.15, -0.1) is 0 Å². The smallest absolute Gasteiger partial charge is 0.254 e. The number of imide groups is 1. The van der Waals surface area contributed by atoms with Gasteiger partial charge in [0.15, 0.2) is 0 Å². The Balaban J connectivity index is 1.26. The molecule has 0 saturated carbocycles. The van der Waals surface area contributed by atoms with Crippen LogP contribution in [0.25, 0.3) is 5.69 Å². The van der Waals surface area contributed by atoms with Gasteiger partial charge in [0.2, 0.25) is 0 Å². The molecular formula is C32H26BrN3O2. The standard InChI is InChI=1S/C32H26BrN3O2/c1-17-12-13-21(15-26(17)33)35-18(2)14-20(19(35)3)16-34-36-31(37)29-27-22-8-4-5-9-23(22)28(30(29)32(36)38)25-11-7-6-10-24(25)27/h4-16,27-30H,1-3H3/b34-16-/t27?,28?,29-,30-/m0/s1. The highest BCUT2D eigenvalue weighted by Gasteiger charge is 2.61. The van der Waals surface area contributed by atoms with Crippen LogP contribution < -0.4 is 0 Å². The molecule has 2 bridgehead atoms. The van der Waals surface area contributed by atoms with E-state index >= 15 is 0 Å². The highest BCUT2D eigenvalue weighted by molar-refractivity contribution is 9.10. The number of rotatable bonds is 3. The predicted molar refractivity (Wildman–Crippen MR) is 151 cm³/mol. The Bertz CT molecular complexity index is 1590. The van der Waals surface area contributed by atoms with Gasteiger partial charge in [0.05, 0.1) is 18.1 Å². The summed E-state index contributed by atoms with van der Waals surface area (Å²) in [5, 5.41) is 5.67. The normalized spacial score (nSPS) is 23.2. The van der Waals surface area contributed by atoms with E-state index in [9.17, 15) is 9.59 Å². The molecule has 1 fully saturated rings. The molecule has 2 heterocycles. The van der Waals surface area contributed by atoms with Crippen molar-refractivity contribution in [2.24, 2.45) is 16.9 Å². The summed E-state index contributed by atoms with van der Waals surface area (Å²) in [6.45, 7) is 6.14. The zero-order valence-corrected chi connectivity index (χ0v) is 22.9. The number of carbonyl (C=O) groups is 2. The minimum atomic E-state index is -0.424. The van der Waals surface area contributed by atoms with Crippen LogP contribution in [0.2, 0.25) is 0 Å². The maximum Gasteiger partial charge on any atom is 0.254 e. The second-order valence-corrected chi connectivity index (χ2v) is 11.4. The van der Waals surface area contributed by atoms with Crippen molar-refractivity contribution in [3.05, 3.63) is 122 Å². The van der Waals surface area contributed by atoms with Crippen LogP contribution in [0.3, 0.4) is 0 Å². The fourth-order valence-corrected chi connectivity index (χ4v) is 7.30. The second-order valence-electron chi connectivity index (χ2n) is 10.6. The predicted octanol–water partition coefficient (Wildman–Crippen LogP) is 6.39. The molecule has 1 aromatic heterocycles. The lowest BCUT2D eigenvalue weighted by Gasteiger charge is -2.45. The molecule has 4 aliphatic rings. The summed E-state index contributed by atoms with van der Waals surface area (Å²) in [6, 6.07) is 24.9. The lowest BCUT2D eigenvalue weighted by atomic mass is 9.55. The van der Waals surface area contributed by atoms with Crippen molar-refractivity contribution in [2.45, 2.75) is 32.6 Å². The summed E-state index contributed by atoms with van der Waals surface area (Å²) in [5.41, 5.74) is 9.80. The zero-order chi connectivity index (χ0) is 26.3. The third kappa shape index (κ3) is 3.13. The molecular weight excluding hydrogens is 538 g/mol. The quantitative estimate of drug-likeness (QED) is 0.214. The Kier molecular flexibility index (Phi) is 5.14. The number of hydrogen-bond acceptors (Lipinski definition) is 3. The first-order valence-electron chi connectivity index (χ1n) is 12.9. The number of aryl methyl sites for hydroxylation is 2. The number of aromatic nitrogens is 1. The Hall–Kier alpha value is -3.77. The summed E-state index contributed by atoms with van der Waals surface area (Å²) in [7, 11) is 0. The third-order valence-corrected chi connectivity index (χ3v) is 9.48. The van der Waals surface area contributed by atoms with Gasteiger partial charge in [0.25, 0.3) is 11.8 Å².